The predicted molar refractivity (Wildman–Crippen MR) is 102 cm³/mol. The van der Waals surface area contributed by atoms with Crippen LogP contribution in [0.25, 0.3) is 0 Å². The maximum Gasteiger partial charge on any atom is 0.0780 e. The molecule has 0 aliphatic carbocycles. The van der Waals surface area contributed by atoms with Crippen molar-refractivity contribution in [2.45, 2.75) is 84.0 Å². The van der Waals surface area contributed by atoms with Gasteiger partial charge in [-0.25, -0.2) is 0 Å². The molecule has 0 spiro atoms. The molecule has 0 heterocycles. The minimum Gasteiger partial charge on any atom is -0.331 e. The minimum absolute atomic E-state index is 1.11. The molecule has 0 aromatic heterocycles. The highest BCUT2D eigenvalue weighted by molar-refractivity contribution is 4.92. The molecular formula is C21H42N+. The van der Waals surface area contributed by atoms with E-state index in [1.54, 1.807) is 0 Å². The number of unbranched alkanes of at least 4 members (excludes halogenated alkanes) is 9. The Bertz CT molecular complexity index is 270. The summed E-state index contributed by atoms with van der Waals surface area (Å²) in [6.45, 7) is 3.58. The van der Waals surface area contributed by atoms with Crippen molar-refractivity contribution in [1.82, 2.24) is 0 Å². The third kappa shape index (κ3) is 19.4. The SMILES string of the molecule is CCCCCC=CCC=CCCCCCCCC[N+](C)(C)C. The molecule has 0 fully saturated rings. The van der Waals surface area contributed by atoms with Crippen LogP contribution in [0, 0.1) is 0 Å². The Morgan fingerprint density at radius 2 is 1.09 bits per heavy atom. The largest absolute Gasteiger partial charge is 0.331 e. The molecule has 1 nitrogen and oxygen atoms in total. The van der Waals surface area contributed by atoms with E-state index in [4.69, 9.17) is 0 Å². The molecule has 0 atom stereocenters. The summed E-state index contributed by atoms with van der Waals surface area (Å²) >= 11 is 0. The molecule has 0 saturated heterocycles. The second-order valence-corrected chi connectivity index (χ2v) is 7.60. The Morgan fingerprint density at radius 3 is 1.64 bits per heavy atom. The highest BCUT2D eigenvalue weighted by Crippen LogP contribution is 2.09. The number of hydrogen-bond acceptors (Lipinski definition) is 0. The zero-order chi connectivity index (χ0) is 16.5. The maximum atomic E-state index is 2.37. The van der Waals surface area contributed by atoms with E-state index in [1.807, 2.05) is 0 Å². The standard InChI is InChI=1S/C21H42N/c1-5-6-7-8-9-10-11-12-13-14-15-16-17-18-19-20-21-22(2,3)4/h9-10,12-13H,5-8,11,14-21H2,1-4H3/q+1. The van der Waals surface area contributed by atoms with Crippen LogP contribution in [0.4, 0.5) is 0 Å². The van der Waals surface area contributed by atoms with E-state index in [0.717, 1.165) is 10.9 Å². The van der Waals surface area contributed by atoms with Gasteiger partial charge in [0.15, 0.2) is 0 Å². The third-order valence-corrected chi connectivity index (χ3v) is 4.03. The molecule has 0 unspecified atom stereocenters. The highest BCUT2D eigenvalue weighted by atomic mass is 15.3. The minimum atomic E-state index is 1.11. The van der Waals surface area contributed by atoms with Gasteiger partial charge in [0, 0.05) is 0 Å². The molecule has 0 bridgehead atoms. The molecule has 0 aliphatic heterocycles. The van der Waals surface area contributed by atoms with Crippen LogP contribution in [0.2, 0.25) is 0 Å². The molecular weight excluding hydrogens is 266 g/mol. The van der Waals surface area contributed by atoms with Crippen LogP contribution in [-0.2, 0) is 0 Å². The lowest BCUT2D eigenvalue weighted by Crippen LogP contribution is -2.35. The summed E-state index contributed by atoms with van der Waals surface area (Å²) in [5.41, 5.74) is 0. The summed E-state index contributed by atoms with van der Waals surface area (Å²) in [5, 5.41) is 0. The van der Waals surface area contributed by atoms with Gasteiger partial charge in [-0.15, -0.1) is 0 Å². The molecule has 130 valence electrons. The Balaban J connectivity index is 3.20. The van der Waals surface area contributed by atoms with E-state index >= 15 is 0 Å². The van der Waals surface area contributed by atoms with Gasteiger partial charge in [0.2, 0.25) is 0 Å². The highest BCUT2D eigenvalue weighted by Gasteiger charge is 2.04. The van der Waals surface area contributed by atoms with Crippen LogP contribution in [0.5, 0.6) is 0 Å². The van der Waals surface area contributed by atoms with Crippen molar-refractivity contribution in [2.24, 2.45) is 0 Å². The quantitative estimate of drug-likeness (QED) is 0.184. The smallest absolute Gasteiger partial charge is 0.0780 e. The van der Waals surface area contributed by atoms with E-state index in [2.05, 4.69) is 52.4 Å². The van der Waals surface area contributed by atoms with Crippen LogP contribution in [0.3, 0.4) is 0 Å². The lowest BCUT2D eigenvalue weighted by atomic mass is 10.1. The summed E-state index contributed by atoms with van der Waals surface area (Å²) in [5.74, 6) is 0. The fourth-order valence-corrected chi connectivity index (χ4v) is 2.57. The third-order valence-electron chi connectivity index (χ3n) is 4.03. The van der Waals surface area contributed by atoms with Gasteiger partial charge in [-0.2, -0.15) is 0 Å². The van der Waals surface area contributed by atoms with Crippen LogP contribution in [-0.4, -0.2) is 32.2 Å². The van der Waals surface area contributed by atoms with Gasteiger partial charge in [-0.1, -0.05) is 63.3 Å². The Morgan fingerprint density at radius 1 is 0.591 bits per heavy atom. The molecule has 0 N–H and O–H groups in total. The lowest BCUT2D eigenvalue weighted by Gasteiger charge is -2.23. The summed E-state index contributed by atoms with van der Waals surface area (Å²) < 4.78 is 1.11. The van der Waals surface area contributed by atoms with Crippen LogP contribution < -0.4 is 0 Å². The van der Waals surface area contributed by atoms with E-state index < -0.39 is 0 Å². The first-order valence-electron chi connectivity index (χ1n) is 9.66. The average molecular weight is 309 g/mol. The van der Waals surface area contributed by atoms with Gasteiger partial charge in [0.1, 0.15) is 0 Å². The zero-order valence-corrected chi connectivity index (χ0v) is 15.9. The van der Waals surface area contributed by atoms with Gasteiger partial charge in [0.25, 0.3) is 0 Å². The molecule has 0 aromatic carbocycles. The fraction of sp³-hybridized carbons (Fsp3) is 0.810. The van der Waals surface area contributed by atoms with E-state index in [-0.39, 0.29) is 0 Å². The molecule has 1 heteroatoms. The molecule has 0 amide bonds. The second-order valence-electron chi connectivity index (χ2n) is 7.60. The number of allylic oxidation sites excluding steroid dienone is 4. The van der Waals surface area contributed by atoms with Crippen LogP contribution >= 0.6 is 0 Å². The van der Waals surface area contributed by atoms with Crippen LogP contribution in [0.15, 0.2) is 24.3 Å². The summed E-state index contributed by atoms with van der Waals surface area (Å²) in [4.78, 5) is 0. The number of nitrogens with zero attached hydrogens (tertiary/aromatic N) is 1. The fourth-order valence-electron chi connectivity index (χ4n) is 2.57. The molecule has 0 aromatic rings. The first kappa shape index (κ1) is 21.4. The normalized spacial score (nSPS) is 12.7. The molecule has 0 aliphatic rings. The Labute approximate surface area is 141 Å². The van der Waals surface area contributed by atoms with Gasteiger partial charge >= 0.3 is 0 Å². The molecule has 22 heavy (non-hydrogen) atoms. The second kappa shape index (κ2) is 15.3. The Hall–Kier alpha value is -0.560. The van der Waals surface area contributed by atoms with Gasteiger partial charge in [-0.3, -0.25) is 0 Å². The van der Waals surface area contributed by atoms with Crippen molar-refractivity contribution >= 4 is 0 Å². The van der Waals surface area contributed by atoms with Gasteiger partial charge < -0.3 is 4.48 Å². The van der Waals surface area contributed by atoms with Crippen molar-refractivity contribution in [3.63, 3.8) is 0 Å². The van der Waals surface area contributed by atoms with E-state index in [1.165, 1.54) is 77.2 Å². The zero-order valence-electron chi connectivity index (χ0n) is 15.9. The summed E-state index contributed by atoms with van der Waals surface area (Å²) in [7, 11) is 6.85. The van der Waals surface area contributed by atoms with Crippen molar-refractivity contribution in [3.8, 4) is 0 Å². The molecule has 0 radical (unpaired) electrons. The van der Waals surface area contributed by atoms with Crippen LogP contribution in [0.1, 0.15) is 84.0 Å². The number of rotatable bonds is 15. The van der Waals surface area contributed by atoms with Crippen molar-refractivity contribution in [2.75, 3.05) is 27.7 Å². The molecule has 0 saturated carbocycles. The summed E-state index contributed by atoms with van der Waals surface area (Å²) in [6, 6.07) is 0. The predicted octanol–water partition coefficient (Wildman–Crippen LogP) is 6.51. The average Bonchev–Trinajstić information content (AvgIpc) is 2.45. The van der Waals surface area contributed by atoms with Gasteiger partial charge in [0.05, 0.1) is 27.7 Å². The van der Waals surface area contributed by atoms with E-state index in [0.29, 0.717) is 0 Å². The van der Waals surface area contributed by atoms with E-state index in [9.17, 15) is 0 Å². The van der Waals surface area contributed by atoms with Crippen molar-refractivity contribution in [3.05, 3.63) is 24.3 Å². The first-order valence-corrected chi connectivity index (χ1v) is 9.66. The van der Waals surface area contributed by atoms with Crippen molar-refractivity contribution in [1.29, 1.82) is 0 Å². The number of quaternary nitrogens is 1. The van der Waals surface area contributed by atoms with Crippen molar-refractivity contribution < 1.29 is 4.48 Å². The summed E-state index contributed by atoms with van der Waals surface area (Å²) in [6.07, 6.45) is 25.5. The Kier molecular flexibility index (Phi) is 14.9. The molecule has 0 rings (SSSR count). The monoisotopic (exact) mass is 308 g/mol. The lowest BCUT2D eigenvalue weighted by molar-refractivity contribution is -0.870. The maximum absolute atomic E-state index is 2.37. The first-order chi connectivity index (χ1) is 10.6. The topological polar surface area (TPSA) is 0 Å². The van der Waals surface area contributed by atoms with Gasteiger partial charge in [-0.05, 0) is 44.9 Å². The number of hydrogen-bond donors (Lipinski definition) is 0.